The van der Waals surface area contributed by atoms with E-state index in [2.05, 4.69) is 47.7 Å². The molecule has 0 amide bonds. The van der Waals surface area contributed by atoms with Crippen molar-refractivity contribution in [3.8, 4) is 5.75 Å². The molecule has 1 N–H and O–H groups in total. The highest BCUT2D eigenvalue weighted by atomic mass is 79.9. The first-order valence-electron chi connectivity index (χ1n) is 7.39. The van der Waals surface area contributed by atoms with Crippen LogP contribution in [0.25, 0.3) is 0 Å². The van der Waals surface area contributed by atoms with Crippen LogP contribution < -0.4 is 10.1 Å². The van der Waals surface area contributed by atoms with Gasteiger partial charge >= 0.3 is 0 Å². The van der Waals surface area contributed by atoms with Crippen LogP contribution in [0.5, 0.6) is 5.75 Å². The van der Waals surface area contributed by atoms with Gasteiger partial charge in [-0.1, -0.05) is 35.9 Å². The summed E-state index contributed by atoms with van der Waals surface area (Å²) in [5.74, 6) is 0.991. The molecule has 1 aromatic carbocycles. The number of hydrogen-bond acceptors (Lipinski definition) is 2. The van der Waals surface area contributed by atoms with E-state index >= 15 is 0 Å². The minimum Gasteiger partial charge on any atom is -0.493 e. The Morgan fingerprint density at radius 2 is 2.10 bits per heavy atom. The van der Waals surface area contributed by atoms with Gasteiger partial charge in [0.1, 0.15) is 5.75 Å². The molecular formula is C17H26BrNO. The number of unbranched alkanes of at least 4 members (excludes halogenated alkanes) is 3. The van der Waals surface area contributed by atoms with Gasteiger partial charge in [0.15, 0.2) is 0 Å². The van der Waals surface area contributed by atoms with E-state index in [0.29, 0.717) is 6.04 Å². The summed E-state index contributed by atoms with van der Waals surface area (Å²) < 4.78 is 7.01. The molecule has 20 heavy (non-hydrogen) atoms. The summed E-state index contributed by atoms with van der Waals surface area (Å²) in [5, 5.41) is 3.44. The molecule has 0 saturated heterocycles. The predicted octanol–water partition coefficient (Wildman–Crippen LogP) is 5.07. The Morgan fingerprint density at radius 1 is 1.30 bits per heavy atom. The van der Waals surface area contributed by atoms with Crippen molar-refractivity contribution in [3.05, 3.63) is 40.9 Å². The van der Waals surface area contributed by atoms with Crippen molar-refractivity contribution in [1.29, 1.82) is 0 Å². The van der Waals surface area contributed by atoms with Crippen LogP contribution in [0.2, 0.25) is 0 Å². The third-order valence-electron chi connectivity index (χ3n) is 3.03. The summed E-state index contributed by atoms with van der Waals surface area (Å²) in [7, 11) is 0. The first kappa shape index (κ1) is 17.3. The predicted molar refractivity (Wildman–Crippen MR) is 90.3 cm³/mol. The Kier molecular flexibility index (Phi) is 8.63. The van der Waals surface area contributed by atoms with Gasteiger partial charge in [0.05, 0.1) is 6.61 Å². The Bertz CT molecular complexity index is 404. The fourth-order valence-corrected chi connectivity index (χ4v) is 2.30. The molecule has 0 atom stereocenters. The van der Waals surface area contributed by atoms with Crippen molar-refractivity contribution >= 4 is 15.9 Å². The monoisotopic (exact) mass is 339 g/mol. The lowest BCUT2D eigenvalue weighted by molar-refractivity contribution is 0.301. The number of ether oxygens (including phenoxy) is 1. The lowest BCUT2D eigenvalue weighted by Gasteiger charge is -2.14. The van der Waals surface area contributed by atoms with E-state index in [1.165, 1.54) is 18.4 Å². The van der Waals surface area contributed by atoms with Crippen LogP contribution in [-0.4, -0.2) is 12.6 Å². The van der Waals surface area contributed by atoms with Crippen molar-refractivity contribution in [2.24, 2.45) is 0 Å². The fraction of sp³-hybridized carbons (Fsp3) is 0.529. The van der Waals surface area contributed by atoms with Crippen LogP contribution in [0.4, 0.5) is 0 Å². The molecule has 0 aromatic heterocycles. The Balaban J connectivity index is 2.44. The molecule has 0 aliphatic rings. The SMILES string of the molecule is C=CCCCCCOc1ccc(Br)cc1CNC(C)C. The van der Waals surface area contributed by atoms with Gasteiger partial charge in [0.25, 0.3) is 0 Å². The third kappa shape index (κ3) is 7.11. The lowest BCUT2D eigenvalue weighted by Crippen LogP contribution is -2.22. The number of benzene rings is 1. The lowest BCUT2D eigenvalue weighted by atomic mass is 10.2. The molecule has 0 bridgehead atoms. The van der Waals surface area contributed by atoms with E-state index in [9.17, 15) is 0 Å². The maximum atomic E-state index is 5.92. The average molecular weight is 340 g/mol. The zero-order valence-corrected chi connectivity index (χ0v) is 14.2. The largest absolute Gasteiger partial charge is 0.493 e. The summed E-state index contributed by atoms with van der Waals surface area (Å²) >= 11 is 3.52. The van der Waals surface area contributed by atoms with E-state index in [4.69, 9.17) is 4.74 Å². The molecule has 2 nitrogen and oxygen atoms in total. The summed E-state index contributed by atoms with van der Waals surface area (Å²) in [4.78, 5) is 0. The van der Waals surface area contributed by atoms with Crippen LogP contribution in [0, 0.1) is 0 Å². The molecule has 0 aliphatic carbocycles. The summed E-state index contributed by atoms with van der Waals surface area (Å²) in [6, 6.07) is 6.68. The second-order valence-electron chi connectivity index (χ2n) is 5.27. The first-order chi connectivity index (χ1) is 9.63. The maximum Gasteiger partial charge on any atom is 0.123 e. The van der Waals surface area contributed by atoms with Crippen molar-refractivity contribution in [3.63, 3.8) is 0 Å². The molecular weight excluding hydrogens is 314 g/mol. The Labute approximate surface area is 131 Å². The minimum atomic E-state index is 0.473. The first-order valence-corrected chi connectivity index (χ1v) is 8.18. The van der Waals surface area contributed by atoms with Crippen molar-refractivity contribution in [2.45, 2.75) is 52.1 Å². The van der Waals surface area contributed by atoms with Gasteiger partial charge in [-0.15, -0.1) is 6.58 Å². The smallest absolute Gasteiger partial charge is 0.123 e. The highest BCUT2D eigenvalue weighted by Crippen LogP contribution is 2.23. The Morgan fingerprint density at radius 3 is 2.80 bits per heavy atom. The molecule has 0 aliphatic heterocycles. The van der Waals surface area contributed by atoms with Crippen molar-refractivity contribution in [2.75, 3.05) is 6.61 Å². The molecule has 0 fully saturated rings. The molecule has 112 valence electrons. The molecule has 1 aromatic rings. The van der Waals surface area contributed by atoms with Gasteiger partial charge in [0, 0.05) is 22.6 Å². The topological polar surface area (TPSA) is 21.3 Å². The number of nitrogens with one attached hydrogen (secondary N) is 1. The van der Waals surface area contributed by atoms with Crippen LogP contribution in [0.15, 0.2) is 35.3 Å². The standard InChI is InChI=1S/C17H26BrNO/c1-4-5-6-7-8-11-20-17-10-9-16(18)12-15(17)13-19-14(2)3/h4,9-10,12,14,19H,1,5-8,11,13H2,2-3H3. The summed E-state index contributed by atoms with van der Waals surface area (Å²) in [5.41, 5.74) is 1.21. The minimum absolute atomic E-state index is 0.473. The van der Waals surface area contributed by atoms with Crippen LogP contribution in [-0.2, 0) is 6.54 Å². The highest BCUT2D eigenvalue weighted by Gasteiger charge is 2.05. The molecule has 3 heteroatoms. The molecule has 0 unspecified atom stereocenters. The summed E-state index contributed by atoms with van der Waals surface area (Å²) in [6.45, 7) is 9.66. The van der Waals surface area contributed by atoms with E-state index in [1.54, 1.807) is 0 Å². The zero-order valence-electron chi connectivity index (χ0n) is 12.6. The third-order valence-corrected chi connectivity index (χ3v) is 3.53. The van der Waals surface area contributed by atoms with Gasteiger partial charge in [-0.2, -0.15) is 0 Å². The quantitative estimate of drug-likeness (QED) is 0.474. The van der Waals surface area contributed by atoms with Crippen molar-refractivity contribution in [1.82, 2.24) is 5.32 Å². The maximum absolute atomic E-state index is 5.92. The van der Waals surface area contributed by atoms with Gasteiger partial charge < -0.3 is 10.1 Å². The molecule has 0 heterocycles. The van der Waals surface area contributed by atoms with Gasteiger partial charge in [-0.05, 0) is 43.9 Å². The average Bonchev–Trinajstić information content (AvgIpc) is 2.42. The molecule has 1 rings (SSSR count). The van der Waals surface area contributed by atoms with Crippen LogP contribution >= 0.6 is 15.9 Å². The van der Waals surface area contributed by atoms with Gasteiger partial charge in [0.2, 0.25) is 0 Å². The number of rotatable bonds is 10. The number of halogens is 1. The number of hydrogen-bond donors (Lipinski definition) is 1. The second-order valence-corrected chi connectivity index (χ2v) is 6.19. The Hall–Kier alpha value is -0.800. The van der Waals surface area contributed by atoms with E-state index in [0.717, 1.165) is 36.2 Å². The van der Waals surface area contributed by atoms with Crippen molar-refractivity contribution < 1.29 is 4.74 Å². The highest BCUT2D eigenvalue weighted by molar-refractivity contribution is 9.10. The van der Waals surface area contributed by atoms with E-state index in [1.807, 2.05) is 18.2 Å². The van der Waals surface area contributed by atoms with E-state index < -0.39 is 0 Å². The second kappa shape index (κ2) is 10.0. The van der Waals surface area contributed by atoms with E-state index in [-0.39, 0.29) is 0 Å². The molecule has 0 saturated carbocycles. The van der Waals surface area contributed by atoms with Gasteiger partial charge in [-0.25, -0.2) is 0 Å². The fourth-order valence-electron chi connectivity index (χ4n) is 1.89. The van der Waals surface area contributed by atoms with Crippen LogP contribution in [0.3, 0.4) is 0 Å². The van der Waals surface area contributed by atoms with Gasteiger partial charge in [-0.3, -0.25) is 0 Å². The normalized spacial score (nSPS) is 10.8. The molecule has 0 spiro atoms. The number of allylic oxidation sites excluding steroid dienone is 1. The summed E-state index contributed by atoms with van der Waals surface area (Å²) in [6.07, 6.45) is 6.57. The molecule has 0 radical (unpaired) electrons. The van der Waals surface area contributed by atoms with Crippen LogP contribution in [0.1, 0.15) is 45.1 Å². The zero-order chi connectivity index (χ0) is 14.8.